The highest BCUT2D eigenvalue weighted by Crippen LogP contribution is 2.33. The van der Waals surface area contributed by atoms with E-state index in [2.05, 4.69) is 11.9 Å². The summed E-state index contributed by atoms with van der Waals surface area (Å²) in [6.45, 7) is 3.82. The van der Waals surface area contributed by atoms with Crippen molar-refractivity contribution in [3.63, 3.8) is 0 Å². The van der Waals surface area contributed by atoms with Crippen LogP contribution >= 0.6 is 22.9 Å². The number of hydrogen-bond donors (Lipinski definition) is 0. The minimum atomic E-state index is -3.65. The maximum Gasteiger partial charge on any atom is 0.240 e. The normalized spacial score (nSPS) is 12.7. The van der Waals surface area contributed by atoms with Gasteiger partial charge >= 0.3 is 0 Å². The van der Waals surface area contributed by atoms with Crippen molar-refractivity contribution in [2.24, 2.45) is 0 Å². The molecule has 0 saturated heterocycles. The first-order valence-corrected chi connectivity index (χ1v) is 11.1. The molecule has 0 unspecified atom stereocenters. The minimum absolute atomic E-state index is 0.227. The standard InChI is InChI=1S/C20H19ClN2O2S2/c1-3-16(13-15-9-5-4-6-10-15)27(24,25)23(2)20-22-19(14-26-20)17-11-7-8-12-18(17)21/h4-14,16H,1,3H2,2H3/t16-/m1/s1. The lowest BCUT2D eigenvalue weighted by atomic mass is 10.1. The third kappa shape index (κ3) is 4.34. The highest BCUT2D eigenvalue weighted by atomic mass is 35.5. The zero-order chi connectivity index (χ0) is 19.4. The SMILES string of the molecule is [CH2]C[C@H]([CH]c1ccccc1)S(=O)(=O)N(C)c1nc(-c2ccccc2Cl)cs1. The van der Waals surface area contributed by atoms with Gasteiger partial charge in [0.05, 0.1) is 10.9 Å². The first-order valence-electron chi connectivity index (χ1n) is 8.31. The first-order chi connectivity index (χ1) is 12.9. The van der Waals surface area contributed by atoms with Crippen molar-refractivity contribution in [2.45, 2.75) is 11.7 Å². The van der Waals surface area contributed by atoms with Crippen LogP contribution in [0.25, 0.3) is 11.3 Å². The zero-order valence-corrected chi connectivity index (χ0v) is 17.1. The fourth-order valence-electron chi connectivity index (χ4n) is 2.61. The van der Waals surface area contributed by atoms with Crippen LogP contribution in [-0.2, 0) is 10.0 Å². The van der Waals surface area contributed by atoms with E-state index in [-0.39, 0.29) is 6.42 Å². The number of thiazole rings is 1. The topological polar surface area (TPSA) is 50.3 Å². The molecule has 0 spiro atoms. The van der Waals surface area contributed by atoms with E-state index >= 15 is 0 Å². The lowest BCUT2D eigenvalue weighted by Gasteiger charge is -2.23. The molecule has 0 saturated carbocycles. The van der Waals surface area contributed by atoms with Crippen molar-refractivity contribution in [3.8, 4) is 11.3 Å². The van der Waals surface area contributed by atoms with Crippen molar-refractivity contribution in [1.29, 1.82) is 0 Å². The van der Waals surface area contributed by atoms with Gasteiger partial charge in [-0.05, 0) is 18.1 Å². The summed E-state index contributed by atoms with van der Waals surface area (Å²) in [5.74, 6) is 0. The molecule has 1 heterocycles. The summed E-state index contributed by atoms with van der Waals surface area (Å²) < 4.78 is 27.4. The molecule has 0 bridgehead atoms. The Balaban J connectivity index is 1.85. The van der Waals surface area contributed by atoms with Crippen molar-refractivity contribution in [1.82, 2.24) is 4.98 Å². The summed E-state index contributed by atoms with van der Waals surface area (Å²) in [6.07, 6.45) is 1.95. The number of benzene rings is 2. The molecule has 1 atom stereocenters. The second-order valence-electron chi connectivity index (χ2n) is 5.91. The Kier molecular flexibility index (Phi) is 6.19. The van der Waals surface area contributed by atoms with Gasteiger partial charge in [-0.25, -0.2) is 17.7 Å². The molecule has 0 N–H and O–H groups in total. The Morgan fingerprint density at radius 1 is 1.19 bits per heavy atom. The Labute approximate surface area is 169 Å². The van der Waals surface area contributed by atoms with Gasteiger partial charge in [-0.15, -0.1) is 11.3 Å². The quantitative estimate of drug-likeness (QED) is 0.537. The van der Waals surface area contributed by atoms with Gasteiger partial charge in [0.1, 0.15) is 0 Å². The van der Waals surface area contributed by atoms with Gasteiger partial charge in [0.2, 0.25) is 10.0 Å². The number of nitrogens with zero attached hydrogens (tertiary/aromatic N) is 2. The third-order valence-corrected chi connectivity index (χ3v) is 7.57. The van der Waals surface area contributed by atoms with E-state index < -0.39 is 15.3 Å². The number of halogens is 1. The Bertz CT molecular complexity index is 1000. The van der Waals surface area contributed by atoms with E-state index in [4.69, 9.17) is 11.6 Å². The molecule has 27 heavy (non-hydrogen) atoms. The van der Waals surface area contributed by atoms with Gasteiger partial charge in [0.25, 0.3) is 0 Å². The molecule has 2 radical (unpaired) electrons. The fourth-order valence-corrected chi connectivity index (χ4v) is 5.27. The largest absolute Gasteiger partial charge is 0.248 e. The number of anilines is 1. The van der Waals surface area contributed by atoms with Crippen molar-refractivity contribution in [2.75, 3.05) is 11.4 Å². The molecule has 4 nitrogen and oxygen atoms in total. The summed E-state index contributed by atoms with van der Waals surface area (Å²) >= 11 is 7.49. The van der Waals surface area contributed by atoms with Gasteiger partial charge < -0.3 is 0 Å². The maximum absolute atomic E-state index is 13.1. The lowest BCUT2D eigenvalue weighted by Crippen LogP contribution is -2.36. The van der Waals surface area contributed by atoms with Gasteiger partial charge in [-0.2, -0.15) is 0 Å². The second-order valence-corrected chi connectivity index (χ2v) is 9.34. The molecule has 2 aromatic carbocycles. The summed E-state index contributed by atoms with van der Waals surface area (Å²) in [5, 5.41) is 2.04. The van der Waals surface area contributed by atoms with E-state index in [0.29, 0.717) is 15.8 Å². The monoisotopic (exact) mass is 418 g/mol. The Morgan fingerprint density at radius 3 is 2.52 bits per heavy atom. The van der Waals surface area contributed by atoms with Crippen LogP contribution in [0.15, 0.2) is 60.0 Å². The summed E-state index contributed by atoms with van der Waals surface area (Å²) in [6, 6.07) is 16.7. The molecule has 1 aromatic heterocycles. The predicted octanol–water partition coefficient (Wildman–Crippen LogP) is 5.07. The summed E-state index contributed by atoms with van der Waals surface area (Å²) in [5.41, 5.74) is 2.27. The van der Waals surface area contributed by atoms with Crippen LogP contribution in [0.2, 0.25) is 5.02 Å². The van der Waals surface area contributed by atoms with E-state index in [1.807, 2.05) is 53.9 Å². The van der Waals surface area contributed by atoms with Crippen molar-refractivity contribution >= 4 is 38.1 Å². The smallest absolute Gasteiger partial charge is 0.240 e. The van der Waals surface area contributed by atoms with Crippen molar-refractivity contribution in [3.05, 3.63) is 83.9 Å². The highest BCUT2D eigenvalue weighted by Gasteiger charge is 2.30. The number of rotatable bonds is 7. The predicted molar refractivity (Wildman–Crippen MR) is 113 cm³/mol. The van der Waals surface area contributed by atoms with E-state index in [9.17, 15) is 8.42 Å². The summed E-state index contributed by atoms with van der Waals surface area (Å²) in [7, 11) is -2.13. The van der Waals surface area contributed by atoms with Crippen LogP contribution in [0.5, 0.6) is 0 Å². The van der Waals surface area contributed by atoms with Crippen LogP contribution in [0.4, 0.5) is 5.13 Å². The average molecular weight is 419 g/mol. The van der Waals surface area contributed by atoms with E-state index in [0.717, 1.165) is 11.1 Å². The van der Waals surface area contributed by atoms with E-state index in [1.165, 1.54) is 22.7 Å². The van der Waals surface area contributed by atoms with Crippen LogP contribution in [0, 0.1) is 13.3 Å². The van der Waals surface area contributed by atoms with Crippen LogP contribution in [0.3, 0.4) is 0 Å². The van der Waals surface area contributed by atoms with Crippen LogP contribution in [-0.4, -0.2) is 25.7 Å². The van der Waals surface area contributed by atoms with Gasteiger partial charge in [0, 0.05) is 29.4 Å². The van der Waals surface area contributed by atoms with Crippen molar-refractivity contribution < 1.29 is 8.42 Å². The summed E-state index contributed by atoms with van der Waals surface area (Å²) in [4.78, 5) is 4.48. The molecule has 7 heteroatoms. The van der Waals surface area contributed by atoms with Crippen LogP contribution in [0.1, 0.15) is 12.0 Å². The molecule has 0 fully saturated rings. The molecule has 3 aromatic rings. The molecule has 0 amide bonds. The zero-order valence-electron chi connectivity index (χ0n) is 14.7. The lowest BCUT2D eigenvalue weighted by molar-refractivity contribution is 0.584. The molecular weight excluding hydrogens is 400 g/mol. The first kappa shape index (κ1) is 19.9. The van der Waals surface area contributed by atoms with Gasteiger partial charge in [-0.3, -0.25) is 0 Å². The van der Waals surface area contributed by atoms with Crippen LogP contribution < -0.4 is 4.31 Å². The number of aromatic nitrogens is 1. The molecule has 140 valence electrons. The average Bonchev–Trinajstić information content (AvgIpc) is 3.16. The molecule has 0 aliphatic heterocycles. The van der Waals surface area contributed by atoms with Gasteiger partial charge in [0.15, 0.2) is 5.13 Å². The Hall–Kier alpha value is -1.89. The molecule has 0 aliphatic carbocycles. The third-order valence-electron chi connectivity index (χ3n) is 4.14. The Morgan fingerprint density at radius 2 is 1.85 bits per heavy atom. The number of sulfonamides is 1. The van der Waals surface area contributed by atoms with Gasteiger partial charge in [-0.1, -0.05) is 67.1 Å². The fraction of sp³-hybridized carbons (Fsp3) is 0.150. The molecule has 3 rings (SSSR count). The molecule has 0 aliphatic rings. The highest BCUT2D eigenvalue weighted by molar-refractivity contribution is 7.93. The van der Waals surface area contributed by atoms with E-state index in [1.54, 1.807) is 12.5 Å². The molecular formula is C20H19ClN2O2S2. The maximum atomic E-state index is 13.1. The number of hydrogen-bond acceptors (Lipinski definition) is 4. The second kappa shape index (κ2) is 8.42. The minimum Gasteiger partial charge on any atom is -0.248 e.